The Morgan fingerprint density at radius 1 is 0.905 bits per heavy atom. The second-order valence-electron chi connectivity index (χ2n) is 6.41. The monoisotopic (exact) mass is 288 g/mol. The fourth-order valence-corrected chi connectivity index (χ4v) is 3.91. The van der Waals surface area contributed by atoms with Crippen molar-refractivity contribution in [1.29, 1.82) is 0 Å². The van der Waals surface area contributed by atoms with Gasteiger partial charge in [0.1, 0.15) is 11.6 Å². The number of nitrogens with zero attached hydrogens (tertiary/aromatic N) is 5. The van der Waals surface area contributed by atoms with Gasteiger partial charge >= 0.3 is 0 Å². The zero-order valence-corrected chi connectivity index (χ0v) is 12.5. The predicted octanol–water partition coefficient (Wildman–Crippen LogP) is 0.943. The first kappa shape index (κ1) is 13.1. The van der Waals surface area contributed by atoms with Gasteiger partial charge in [0.2, 0.25) is 5.95 Å². The molecule has 0 unspecified atom stereocenters. The smallest absolute Gasteiger partial charge is 0.223 e. The third kappa shape index (κ3) is 2.52. The summed E-state index contributed by atoms with van der Waals surface area (Å²) in [5, 5.41) is 0. The van der Waals surface area contributed by atoms with Gasteiger partial charge in [0.25, 0.3) is 0 Å². The molecule has 0 saturated carbocycles. The lowest BCUT2D eigenvalue weighted by molar-refractivity contribution is 0.230. The maximum Gasteiger partial charge on any atom is 0.223 e. The van der Waals surface area contributed by atoms with Crippen LogP contribution < -0.4 is 15.5 Å². The van der Waals surface area contributed by atoms with Gasteiger partial charge in [-0.1, -0.05) is 0 Å². The van der Waals surface area contributed by atoms with E-state index in [0.717, 1.165) is 44.4 Å². The average molecular weight is 288 g/mol. The van der Waals surface area contributed by atoms with Gasteiger partial charge in [0.05, 0.1) is 0 Å². The third-order valence-corrected chi connectivity index (χ3v) is 5.06. The number of nitrogens with two attached hydrogens (primary N) is 1. The molecule has 3 fully saturated rings. The molecule has 1 atom stereocenters. The SMILES string of the molecule is Nc1nc(N2CCCC2)cc(N2CCN3CCC[C@H]3C2)n1. The van der Waals surface area contributed by atoms with Crippen LogP contribution in [0.1, 0.15) is 25.7 Å². The molecular formula is C15H24N6. The van der Waals surface area contributed by atoms with Crippen LogP contribution in [-0.4, -0.2) is 60.2 Å². The molecule has 21 heavy (non-hydrogen) atoms. The van der Waals surface area contributed by atoms with Gasteiger partial charge < -0.3 is 15.5 Å². The Morgan fingerprint density at radius 2 is 1.67 bits per heavy atom. The molecule has 3 aliphatic rings. The number of hydrogen-bond donors (Lipinski definition) is 1. The largest absolute Gasteiger partial charge is 0.368 e. The van der Waals surface area contributed by atoms with Gasteiger partial charge in [-0.15, -0.1) is 0 Å². The van der Waals surface area contributed by atoms with E-state index < -0.39 is 0 Å². The zero-order chi connectivity index (χ0) is 14.2. The summed E-state index contributed by atoms with van der Waals surface area (Å²) in [5.41, 5.74) is 5.95. The molecule has 1 aromatic rings. The number of rotatable bonds is 2. The first-order valence-corrected chi connectivity index (χ1v) is 8.18. The Kier molecular flexibility index (Phi) is 3.33. The maximum absolute atomic E-state index is 5.95. The van der Waals surface area contributed by atoms with Crippen LogP contribution in [-0.2, 0) is 0 Å². The lowest BCUT2D eigenvalue weighted by atomic mass is 10.1. The summed E-state index contributed by atoms with van der Waals surface area (Å²) in [6.07, 6.45) is 5.15. The van der Waals surface area contributed by atoms with Crippen molar-refractivity contribution in [2.24, 2.45) is 0 Å². The van der Waals surface area contributed by atoms with E-state index in [-0.39, 0.29) is 0 Å². The van der Waals surface area contributed by atoms with Gasteiger partial charge in [0, 0.05) is 44.8 Å². The van der Waals surface area contributed by atoms with Gasteiger partial charge in [0.15, 0.2) is 0 Å². The summed E-state index contributed by atoms with van der Waals surface area (Å²) in [5.74, 6) is 2.42. The van der Waals surface area contributed by atoms with Crippen molar-refractivity contribution in [3.63, 3.8) is 0 Å². The van der Waals surface area contributed by atoms with Crippen LogP contribution in [0.2, 0.25) is 0 Å². The zero-order valence-electron chi connectivity index (χ0n) is 12.5. The average Bonchev–Trinajstić information content (AvgIpc) is 3.17. The Morgan fingerprint density at radius 3 is 2.48 bits per heavy atom. The van der Waals surface area contributed by atoms with E-state index in [1.807, 2.05) is 0 Å². The molecule has 4 heterocycles. The van der Waals surface area contributed by atoms with Crippen molar-refractivity contribution in [2.75, 3.05) is 54.8 Å². The van der Waals surface area contributed by atoms with Crippen molar-refractivity contribution in [2.45, 2.75) is 31.7 Å². The minimum absolute atomic E-state index is 0.406. The molecule has 6 nitrogen and oxygen atoms in total. The molecule has 3 saturated heterocycles. The molecule has 0 amide bonds. The van der Waals surface area contributed by atoms with Crippen LogP contribution in [0.3, 0.4) is 0 Å². The van der Waals surface area contributed by atoms with E-state index >= 15 is 0 Å². The van der Waals surface area contributed by atoms with Crippen LogP contribution in [0, 0.1) is 0 Å². The van der Waals surface area contributed by atoms with Gasteiger partial charge in [-0.05, 0) is 32.2 Å². The van der Waals surface area contributed by atoms with Crippen molar-refractivity contribution in [3.8, 4) is 0 Å². The van der Waals surface area contributed by atoms with Crippen LogP contribution in [0.5, 0.6) is 0 Å². The number of fused-ring (bicyclic) bond motifs is 1. The van der Waals surface area contributed by atoms with Crippen molar-refractivity contribution in [3.05, 3.63) is 6.07 Å². The highest BCUT2D eigenvalue weighted by Gasteiger charge is 2.31. The quantitative estimate of drug-likeness (QED) is 0.874. The Hall–Kier alpha value is -1.56. The fourth-order valence-electron chi connectivity index (χ4n) is 3.91. The summed E-state index contributed by atoms with van der Waals surface area (Å²) in [6, 6.07) is 2.83. The van der Waals surface area contributed by atoms with Crippen molar-refractivity contribution < 1.29 is 0 Å². The minimum atomic E-state index is 0.406. The van der Waals surface area contributed by atoms with Gasteiger partial charge in [-0.3, -0.25) is 4.90 Å². The van der Waals surface area contributed by atoms with Gasteiger partial charge in [-0.25, -0.2) is 0 Å². The number of nitrogen functional groups attached to an aromatic ring is 1. The predicted molar refractivity (Wildman–Crippen MR) is 84.7 cm³/mol. The van der Waals surface area contributed by atoms with E-state index in [2.05, 4.69) is 30.7 Å². The minimum Gasteiger partial charge on any atom is -0.368 e. The molecule has 0 aromatic carbocycles. The summed E-state index contributed by atoms with van der Waals surface area (Å²) >= 11 is 0. The maximum atomic E-state index is 5.95. The first-order chi connectivity index (χ1) is 10.3. The normalized spacial score (nSPS) is 26.4. The third-order valence-electron chi connectivity index (χ3n) is 5.06. The van der Waals surface area contributed by atoms with Crippen LogP contribution in [0.25, 0.3) is 0 Å². The summed E-state index contributed by atoms with van der Waals surface area (Å²) in [4.78, 5) is 16.3. The summed E-state index contributed by atoms with van der Waals surface area (Å²) < 4.78 is 0. The van der Waals surface area contributed by atoms with E-state index in [0.29, 0.717) is 12.0 Å². The summed E-state index contributed by atoms with van der Waals surface area (Å²) in [7, 11) is 0. The molecule has 0 aliphatic carbocycles. The molecule has 4 rings (SSSR count). The Bertz CT molecular complexity index is 513. The van der Waals surface area contributed by atoms with Gasteiger partial charge in [-0.2, -0.15) is 9.97 Å². The molecule has 3 aliphatic heterocycles. The van der Waals surface area contributed by atoms with Crippen molar-refractivity contribution in [1.82, 2.24) is 14.9 Å². The molecular weight excluding hydrogens is 264 g/mol. The molecule has 114 valence electrons. The highest BCUT2D eigenvalue weighted by atomic mass is 15.3. The first-order valence-electron chi connectivity index (χ1n) is 8.18. The van der Waals surface area contributed by atoms with Crippen LogP contribution in [0.4, 0.5) is 17.6 Å². The van der Waals surface area contributed by atoms with E-state index in [9.17, 15) is 0 Å². The fraction of sp³-hybridized carbons (Fsp3) is 0.733. The molecule has 6 heteroatoms. The Balaban J connectivity index is 1.56. The lowest BCUT2D eigenvalue weighted by Gasteiger charge is -2.38. The number of aromatic nitrogens is 2. The van der Waals surface area contributed by atoms with Crippen LogP contribution in [0.15, 0.2) is 6.07 Å². The number of hydrogen-bond acceptors (Lipinski definition) is 6. The molecule has 0 bridgehead atoms. The van der Waals surface area contributed by atoms with E-state index in [1.165, 1.54) is 32.2 Å². The molecule has 2 N–H and O–H groups in total. The molecule has 0 spiro atoms. The highest BCUT2D eigenvalue weighted by Crippen LogP contribution is 2.27. The van der Waals surface area contributed by atoms with E-state index in [4.69, 9.17) is 5.73 Å². The molecule has 1 aromatic heterocycles. The van der Waals surface area contributed by atoms with Crippen molar-refractivity contribution >= 4 is 17.6 Å². The van der Waals surface area contributed by atoms with E-state index in [1.54, 1.807) is 0 Å². The summed E-state index contributed by atoms with van der Waals surface area (Å²) in [6.45, 7) is 6.72. The Labute approximate surface area is 125 Å². The number of anilines is 3. The topological polar surface area (TPSA) is 61.5 Å². The number of piperazine rings is 1. The standard InChI is InChI=1S/C15H24N6/c16-15-17-13(20-5-1-2-6-20)10-14(18-15)21-9-8-19-7-3-4-12(19)11-21/h10,12H,1-9,11H2,(H2,16,17,18)/t12-/m0/s1. The lowest BCUT2D eigenvalue weighted by Crippen LogP contribution is -2.50. The molecule has 0 radical (unpaired) electrons. The second kappa shape index (κ2) is 5.33. The second-order valence-corrected chi connectivity index (χ2v) is 6.41. The highest BCUT2D eigenvalue weighted by molar-refractivity contribution is 5.54. The van der Waals surface area contributed by atoms with Crippen LogP contribution >= 0.6 is 0 Å².